The maximum absolute atomic E-state index is 11.8. The van der Waals surface area contributed by atoms with Gasteiger partial charge >= 0.3 is 5.97 Å². The van der Waals surface area contributed by atoms with Crippen LogP contribution in [0.1, 0.15) is 35.3 Å². The van der Waals surface area contributed by atoms with Crippen molar-refractivity contribution in [1.29, 1.82) is 0 Å². The maximum Gasteiger partial charge on any atom is 0.336 e. The van der Waals surface area contributed by atoms with Crippen LogP contribution in [0.15, 0.2) is 78.9 Å². The minimum absolute atomic E-state index is 0.308. The summed E-state index contributed by atoms with van der Waals surface area (Å²) >= 11 is 0. The van der Waals surface area contributed by atoms with Gasteiger partial charge in [0.05, 0.1) is 5.56 Å². The van der Waals surface area contributed by atoms with Crippen LogP contribution in [0.2, 0.25) is 0 Å². The Labute approximate surface area is 142 Å². The average molecular weight is 316 g/mol. The second kappa shape index (κ2) is 6.32. The first-order valence-corrected chi connectivity index (χ1v) is 7.99. The first kappa shape index (κ1) is 16.0. The molecule has 0 saturated heterocycles. The number of hydrogen-bond donors (Lipinski definition) is 1. The predicted molar refractivity (Wildman–Crippen MR) is 97.4 cm³/mol. The number of carboxylic acid groups (broad SMARTS) is 1. The predicted octanol–water partition coefficient (Wildman–Crippen LogP) is 5.38. The van der Waals surface area contributed by atoms with E-state index in [0.717, 1.165) is 22.3 Å². The molecule has 3 aromatic rings. The van der Waals surface area contributed by atoms with E-state index in [4.69, 9.17) is 0 Å². The minimum atomic E-state index is -0.903. The molecule has 0 unspecified atom stereocenters. The fourth-order valence-corrected chi connectivity index (χ4v) is 3.18. The van der Waals surface area contributed by atoms with E-state index in [9.17, 15) is 9.90 Å². The monoisotopic (exact) mass is 316 g/mol. The first-order chi connectivity index (χ1) is 11.5. The maximum atomic E-state index is 11.8. The van der Waals surface area contributed by atoms with E-state index in [2.05, 4.69) is 26.0 Å². The van der Waals surface area contributed by atoms with Crippen molar-refractivity contribution in [1.82, 2.24) is 0 Å². The molecule has 0 spiro atoms. The van der Waals surface area contributed by atoms with Crippen LogP contribution in [-0.2, 0) is 5.41 Å². The van der Waals surface area contributed by atoms with Gasteiger partial charge in [-0.25, -0.2) is 4.79 Å². The van der Waals surface area contributed by atoms with E-state index in [0.29, 0.717) is 5.56 Å². The highest BCUT2D eigenvalue weighted by Gasteiger charge is 2.28. The highest BCUT2D eigenvalue weighted by molar-refractivity contribution is 5.97. The van der Waals surface area contributed by atoms with Crippen molar-refractivity contribution in [2.24, 2.45) is 0 Å². The average Bonchev–Trinajstić information content (AvgIpc) is 2.62. The molecule has 0 bridgehead atoms. The van der Waals surface area contributed by atoms with Crippen molar-refractivity contribution in [2.45, 2.75) is 19.3 Å². The molecule has 2 heteroatoms. The van der Waals surface area contributed by atoms with Gasteiger partial charge in [0, 0.05) is 11.0 Å². The molecular weight excluding hydrogens is 296 g/mol. The van der Waals surface area contributed by atoms with Gasteiger partial charge in [0.25, 0.3) is 0 Å². The van der Waals surface area contributed by atoms with Gasteiger partial charge < -0.3 is 5.11 Å². The largest absolute Gasteiger partial charge is 0.478 e. The van der Waals surface area contributed by atoms with Gasteiger partial charge in [-0.05, 0) is 22.8 Å². The SMILES string of the molecule is CC(C)(c1ccccc1)c1cccc(C(=O)O)c1-c1ccccc1. The summed E-state index contributed by atoms with van der Waals surface area (Å²) in [5.74, 6) is -0.903. The third-order valence-corrected chi connectivity index (χ3v) is 4.53. The van der Waals surface area contributed by atoms with E-state index < -0.39 is 5.97 Å². The van der Waals surface area contributed by atoms with Crippen LogP contribution in [-0.4, -0.2) is 11.1 Å². The number of carbonyl (C=O) groups is 1. The quantitative estimate of drug-likeness (QED) is 0.702. The summed E-state index contributed by atoms with van der Waals surface area (Å²) in [5, 5.41) is 9.69. The summed E-state index contributed by atoms with van der Waals surface area (Å²) in [7, 11) is 0. The fraction of sp³-hybridized carbons (Fsp3) is 0.136. The smallest absolute Gasteiger partial charge is 0.336 e. The van der Waals surface area contributed by atoms with Crippen LogP contribution in [0.4, 0.5) is 0 Å². The minimum Gasteiger partial charge on any atom is -0.478 e. The lowest BCUT2D eigenvalue weighted by molar-refractivity contribution is 0.0697. The molecule has 0 heterocycles. The lowest BCUT2D eigenvalue weighted by atomic mass is 9.74. The van der Waals surface area contributed by atoms with Crippen molar-refractivity contribution in [3.8, 4) is 11.1 Å². The molecular formula is C22H20O2. The third kappa shape index (κ3) is 2.83. The standard InChI is InChI=1S/C22H20O2/c1-22(2,17-12-7-4-8-13-17)19-15-9-14-18(21(23)24)20(19)16-10-5-3-6-11-16/h3-15H,1-2H3,(H,23,24). The summed E-state index contributed by atoms with van der Waals surface area (Å²) in [6.45, 7) is 4.27. The van der Waals surface area contributed by atoms with E-state index in [1.165, 1.54) is 0 Å². The molecule has 0 fully saturated rings. The summed E-state index contributed by atoms with van der Waals surface area (Å²) in [6, 6.07) is 25.5. The van der Waals surface area contributed by atoms with E-state index in [1.807, 2.05) is 60.7 Å². The zero-order valence-corrected chi connectivity index (χ0v) is 13.9. The van der Waals surface area contributed by atoms with Gasteiger partial charge in [0.15, 0.2) is 0 Å². The van der Waals surface area contributed by atoms with Gasteiger partial charge in [-0.15, -0.1) is 0 Å². The molecule has 3 aromatic carbocycles. The van der Waals surface area contributed by atoms with Gasteiger partial charge in [-0.2, -0.15) is 0 Å². The zero-order valence-electron chi connectivity index (χ0n) is 13.9. The van der Waals surface area contributed by atoms with E-state index in [1.54, 1.807) is 6.07 Å². The fourth-order valence-electron chi connectivity index (χ4n) is 3.18. The second-order valence-corrected chi connectivity index (χ2v) is 6.39. The number of hydrogen-bond acceptors (Lipinski definition) is 1. The summed E-state index contributed by atoms with van der Waals surface area (Å²) in [4.78, 5) is 11.8. The summed E-state index contributed by atoms with van der Waals surface area (Å²) < 4.78 is 0. The highest BCUT2D eigenvalue weighted by Crippen LogP contribution is 2.39. The van der Waals surface area contributed by atoms with Crippen LogP contribution in [0.5, 0.6) is 0 Å². The normalized spacial score (nSPS) is 11.2. The van der Waals surface area contributed by atoms with Gasteiger partial charge in [-0.3, -0.25) is 0 Å². The van der Waals surface area contributed by atoms with Crippen molar-refractivity contribution in [3.05, 3.63) is 95.6 Å². The summed E-state index contributed by atoms with van der Waals surface area (Å²) in [5.41, 5.74) is 3.92. The number of carboxylic acids is 1. The topological polar surface area (TPSA) is 37.3 Å². The Hall–Kier alpha value is -2.87. The zero-order chi connectivity index (χ0) is 17.2. The molecule has 3 rings (SSSR count). The molecule has 0 radical (unpaired) electrons. The van der Waals surface area contributed by atoms with Crippen molar-refractivity contribution >= 4 is 5.97 Å². The Morgan fingerprint density at radius 2 is 1.38 bits per heavy atom. The third-order valence-electron chi connectivity index (χ3n) is 4.53. The Morgan fingerprint density at radius 3 is 1.96 bits per heavy atom. The van der Waals surface area contributed by atoms with Crippen LogP contribution < -0.4 is 0 Å². The Kier molecular flexibility index (Phi) is 4.22. The number of benzene rings is 3. The molecule has 0 atom stereocenters. The number of rotatable bonds is 4. The van der Waals surface area contributed by atoms with E-state index >= 15 is 0 Å². The summed E-state index contributed by atoms with van der Waals surface area (Å²) in [6.07, 6.45) is 0. The molecule has 0 aliphatic carbocycles. The van der Waals surface area contributed by atoms with Crippen LogP contribution in [0, 0.1) is 0 Å². The molecule has 2 nitrogen and oxygen atoms in total. The van der Waals surface area contributed by atoms with Gasteiger partial charge in [0.2, 0.25) is 0 Å². The molecule has 0 amide bonds. The molecule has 0 aromatic heterocycles. The lowest BCUT2D eigenvalue weighted by Gasteiger charge is -2.29. The molecule has 24 heavy (non-hydrogen) atoms. The first-order valence-electron chi connectivity index (χ1n) is 7.99. The van der Waals surface area contributed by atoms with Gasteiger partial charge in [0.1, 0.15) is 0 Å². The molecule has 1 N–H and O–H groups in total. The Morgan fingerprint density at radius 1 is 0.792 bits per heavy atom. The van der Waals surface area contributed by atoms with Crippen molar-refractivity contribution < 1.29 is 9.90 Å². The number of aromatic carboxylic acids is 1. The lowest BCUT2D eigenvalue weighted by Crippen LogP contribution is -2.21. The molecule has 0 aliphatic rings. The van der Waals surface area contributed by atoms with Crippen molar-refractivity contribution in [3.63, 3.8) is 0 Å². The second-order valence-electron chi connectivity index (χ2n) is 6.39. The van der Waals surface area contributed by atoms with Crippen molar-refractivity contribution in [2.75, 3.05) is 0 Å². The Balaban J connectivity index is 2.29. The van der Waals surface area contributed by atoms with Crippen LogP contribution in [0.3, 0.4) is 0 Å². The highest BCUT2D eigenvalue weighted by atomic mass is 16.4. The molecule has 0 aliphatic heterocycles. The molecule has 0 saturated carbocycles. The Bertz CT molecular complexity index is 850. The van der Waals surface area contributed by atoms with Crippen LogP contribution in [0.25, 0.3) is 11.1 Å². The van der Waals surface area contributed by atoms with Crippen LogP contribution >= 0.6 is 0 Å². The molecule has 120 valence electrons. The van der Waals surface area contributed by atoms with Gasteiger partial charge in [-0.1, -0.05) is 86.6 Å². The van der Waals surface area contributed by atoms with E-state index in [-0.39, 0.29) is 5.41 Å².